The maximum Gasteiger partial charge on any atom is 0.321 e. The first-order chi connectivity index (χ1) is 13.6. The number of hydrogen-bond acceptors (Lipinski definition) is 2. The van der Waals surface area contributed by atoms with E-state index in [2.05, 4.69) is 5.32 Å². The second kappa shape index (κ2) is 9.60. The average molecular weight is 400 g/mol. The Morgan fingerprint density at radius 3 is 2.36 bits per heavy atom. The highest BCUT2D eigenvalue weighted by Crippen LogP contribution is 2.23. The minimum absolute atomic E-state index is 0.0526. The van der Waals surface area contributed by atoms with E-state index in [0.29, 0.717) is 44.0 Å². The van der Waals surface area contributed by atoms with E-state index in [4.69, 9.17) is 11.6 Å². The van der Waals surface area contributed by atoms with E-state index < -0.39 is 0 Å². The molecule has 0 atom stereocenters. The van der Waals surface area contributed by atoms with Gasteiger partial charge < -0.3 is 15.1 Å². The lowest BCUT2D eigenvalue weighted by Gasteiger charge is -2.34. The Bertz CT molecular complexity index is 804. The van der Waals surface area contributed by atoms with Crippen molar-refractivity contribution in [3.8, 4) is 0 Å². The van der Waals surface area contributed by atoms with Crippen molar-refractivity contribution in [3.63, 3.8) is 0 Å². The smallest absolute Gasteiger partial charge is 0.321 e. The molecule has 1 aliphatic rings. The highest BCUT2D eigenvalue weighted by Gasteiger charge is 2.30. The van der Waals surface area contributed by atoms with Crippen LogP contribution in [0.1, 0.15) is 25.3 Å². The lowest BCUT2D eigenvalue weighted by atomic mass is 9.95. The maximum absolute atomic E-state index is 13.0. The van der Waals surface area contributed by atoms with E-state index in [1.54, 1.807) is 4.90 Å². The fraction of sp³-hybridized carbons (Fsp3) is 0.364. The van der Waals surface area contributed by atoms with Gasteiger partial charge in [0.25, 0.3) is 0 Å². The number of urea groups is 1. The topological polar surface area (TPSA) is 52.7 Å². The Labute approximate surface area is 171 Å². The molecule has 0 aliphatic carbocycles. The number of nitrogens with zero attached hydrogens (tertiary/aromatic N) is 2. The van der Waals surface area contributed by atoms with Crippen LogP contribution in [0.15, 0.2) is 54.6 Å². The number of carbonyl (C=O) groups is 2. The fourth-order valence-corrected chi connectivity index (χ4v) is 3.69. The van der Waals surface area contributed by atoms with E-state index in [1.807, 2.05) is 66.4 Å². The van der Waals surface area contributed by atoms with Crippen molar-refractivity contribution in [2.45, 2.75) is 26.3 Å². The monoisotopic (exact) mass is 399 g/mol. The third-order valence-corrected chi connectivity index (χ3v) is 5.54. The van der Waals surface area contributed by atoms with Crippen molar-refractivity contribution in [2.24, 2.45) is 5.92 Å². The minimum atomic E-state index is -0.111. The molecular formula is C22H26ClN3O2. The summed E-state index contributed by atoms with van der Waals surface area (Å²) in [6.45, 7) is 4.30. The molecule has 1 fully saturated rings. The van der Waals surface area contributed by atoms with E-state index in [0.717, 1.165) is 11.3 Å². The molecule has 0 radical (unpaired) electrons. The lowest BCUT2D eigenvalue weighted by Crippen LogP contribution is -2.45. The third kappa shape index (κ3) is 5.04. The van der Waals surface area contributed by atoms with Gasteiger partial charge >= 0.3 is 6.03 Å². The van der Waals surface area contributed by atoms with Gasteiger partial charge in [0.1, 0.15) is 0 Å². The molecule has 6 heteroatoms. The second-order valence-electron chi connectivity index (χ2n) is 7.00. The Morgan fingerprint density at radius 2 is 1.71 bits per heavy atom. The van der Waals surface area contributed by atoms with Crippen molar-refractivity contribution >= 4 is 29.2 Å². The Kier molecular flexibility index (Phi) is 6.93. The number of para-hydroxylation sites is 1. The number of benzene rings is 2. The zero-order valence-corrected chi connectivity index (χ0v) is 16.9. The Balaban J connectivity index is 1.53. The Hall–Kier alpha value is -2.53. The zero-order chi connectivity index (χ0) is 19.9. The molecule has 0 bridgehead atoms. The molecule has 3 rings (SSSR count). The number of likely N-dealkylation sites (tertiary alicyclic amines) is 1. The normalized spacial score (nSPS) is 14.6. The van der Waals surface area contributed by atoms with E-state index in [9.17, 15) is 9.59 Å². The van der Waals surface area contributed by atoms with Crippen LogP contribution in [0.3, 0.4) is 0 Å². The number of rotatable bonds is 5. The van der Waals surface area contributed by atoms with E-state index in [1.165, 1.54) is 0 Å². The number of anilines is 1. The van der Waals surface area contributed by atoms with E-state index in [-0.39, 0.29) is 17.9 Å². The van der Waals surface area contributed by atoms with Crippen LogP contribution in [0.25, 0.3) is 0 Å². The molecule has 5 nitrogen and oxygen atoms in total. The van der Waals surface area contributed by atoms with E-state index >= 15 is 0 Å². The number of halogens is 1. The highest BCUT2D eigenvalue weighted by atomic mass is 35.5. The predicted molar refractivity (Wildman–Crippen MR) is 112 cm³/mol. The number of nitrogens with one attached hydrogen (secondary N) is 1. The summed E-state index contributed by atoms with van der Waals surface area (Å²) in [6.07, 6.45) is 1.36. The first-order valence-corrected chi connectivity index (χ1v) is 10.1. The standard InChI is InChI=1S/C22H26ClN3O2/c1-2-25(16-18-8-6-7-11-20(18)23)21(27)17-12-14-26(15-13-17)22(28)24-19-9-4-3-5-10-19/h3-11,17H,2,12-16H2,1H3,(H,24,28). The summed E-state index contributed by atoms with van der Waals surface area (Å²) in [5.74, 6) is 0.0914. The van der Waals surface area contributed by atoms with Crippen molar-refractivity contribution in [1.29, 1.82) is 0 Å². The van der Waals surface area contributed by atoms with Crippen LogP contribution in [-0.2, 0) is 11.3 Å². The van der Waals surface area contributed by atoms with Gasteiger partial charge in [-0.25, -0.2) is 4.79 Å². The van der Waals surface area contributed by atoms with Crippen LogP contribution >= 0.6 is 11.6 Å². The van der Waals surface area contributed by atoms with Crippen molar-refractivity contribution in [1.82, 2.24) is 9.80 Å². The summed E-state index contributed by atoms with van der Waals surface area (Å²) in [6, 6.07) is 16.9. The van der Waals surface area contributed by atoms with Gasteiger partial charge in [-0.05, 0) is 43.5 Å². The molecule has 0 saturated carbocycles. The number of carbonyl (C=O) groups excluding carboxylic acids is 2. The van der Waals surface area contributed by atoms with Crippen molar-refractivity contribution < 1.29 is 9.59 Å². The first kappa shape index (κ1) is 20.2. The summed E-state index contributed by atoms with van der Waals surface area (Å²) in [5, 5.41) is 3.59. The van der Waals surface area contributed by atoms with Crippen LogP contribution in [-0.4, -0.2) is 41.4 Å². The van der Waals surface area contributed by atoms with Crippen molar-refractivity contribution in [2.75, 3.05) is 25.0 Å². The van der Waals surface area contributed by atoms with Gasteiger partial charge in [0.05, 0.1) is 0 Å². The van der Waals surface area contributed by atoms with Gasteiger partial charge in [-0.1, -0.05) is 48.0 Å². The van der Waals surface area contributed by atoms with Gasteiger partial charge in [-0.15, -0.1) is 0 Å². The second-order valence-corrected chi connectivity index (χ2v) is 7.41. The van der Waals surface area contributed by atoms with Gasteiger partial charge in [-0.2, -0.15) is 0 Å². The Morgan fingerprint density at radius 1 is 1.07 bits per heavy atom. The molecule has 0 unspecified atom stereocenters. The highest BCUT2D eigenvalue weighted by molar-refractivity contribution is 6.31. The molecule has 28 heavy (non-hydrogen) atoms. The number of amides is 3. The van der Waals surface area contributed by atoms with Gasteiger partial charge in [0, 0.05) is 42.8 Å². The summed E-state index contributed by atoms with van der Waals surface area (Å²) in [5.41, 5.74) is 1.74. The van der Waals surface area contributed by atoms with Crippen LogP contribution in [0.2, 0.25) is 5.02 Å². The molecule has 2 aromatic carbocycles. The number of piperidine rings is 1. The van der Waals surface area contributed by atoms with Gasteiger partial charge in [0.15, 0.2) is 0 Å². The molecule has 0 aromatic heterocycles. The minimum Gasteiger partial charge on any atom is -0.338 e. The molecule has 2 aromatic rings. The van der Waals surface area contributed by atoms with Gasteiger partial charge in [-0.3, -0.25) is 4.79 Å². The third-order valence-electron chi connectivity index (χ3n) is 5.17. The molecule has 1 N–H and O–H groups in total. The molecule has 1 heterocycles. The van der Waals surface area contributed by atoms with Crippen LogP contribution in [0.4, 0.5) is 10.5 Å². The van der Waals surface area contributed by atoms with Crippen molar-refractivity contribution in [3.05, 3.63) is 65.2 Å². The first-order valence-electron chi connectivity index (χ1n) is 9.71. The molecule has 1 aliphatic heterocycles. The fourth-order valence-electron chi connectivity index (χ4n) is 3.49. The summed E-state index contributed by atoms with van der Waals surface area (Å²) < 4.78 is 0. The number of hydrogen-bond donors (Lipinski definition) is 1. The van der Waals surface area contributed by atoms with Crippen LogP contribution in [0.5, 0.6) is 0 Å². The predicted octanol–water partition coefficient (Wildman–Crippen LogP) is 4.63. The molecule has 0 spiro atoms. The summed E-state index contributed by atoms with van der Waals surface area (Å²) >= 11 is 6.25. The van der Waals surface area contributed by atoms with Gasteiger partial charge in [0.2, 0.25) is 5.91 Å². The quantitative estimate of drug-likeness (QED) is 0.796. The maximum atomic E-state index is 13.0. The molecule has 148 valence electrons. The van der Waals surface area contributed by atoms with Crippen LogP contribution in [0, 0.1) is 5.92 Å². The zero-order valence-electron chi connectivity index (χ0n) is 16.1. The molecule has 1 saturated heterocycles. The SMILES string of the molecule is CCN(Cc1ccccc1Cl)C(=O)C1CCN(C(=O)Nc2ccccc2)CC1. The van der Waals surface area contributed by atoms with Crippen LogP contribution < -0.4 is 5.32 Å². The largest absolute Gasteiger partial charge is 0.338 e. The summed E-state index contributed by atoms with van der Waals surface area (Å²) in [7, 11) is 0. The summed E-state index contributed by atoms with van der Waals surface area (Å²) in [4.78, 5) is 29.0. The molecule has 3 amide bonds. The lowest BCUT2D eigenvalue weighted by molar-refractivity contribution is -0.137. The average Bonchev–Trinajstić information content (AvgIpc) is 2.73. The molecular weight excluding hydrogens is 374 g/mol.